The van der Waals surface area contributed by atoms with Gasteiger partial charge in [0.15, 0.2) is 0 Å². The van der Waals surface area contributed by atoms with E-state index in [2.05, 4.69) is 11.2 Å². The predicted octanol–water partition coefficient (Wildman–Crippen LogP) is 2.60. The molecule has 1 aromatic carbocycles. The molecule has 4 heteroatoms. The van der Waals surface area contributed by atoms with Crippen LogP contribution in [-0.2, 0) is 6.54 Å². The summed E-state index contributed by atoms with van der Waals surface area (Å²) >= 11 is 5.99. The van der Waals surface area contributed by atoms with Crippen LogP contribution in [0.5, 0.6) is 0 Å². The summed E-state index contributed by atoms with van der Waals surface area (Å²) < 4.78 is 1.80. The number of aryl methyl sites for hydroxylation is 1. The van der Waals surface area contributed by atoms with Crippen LogP contribution in [0.15, 0.2) is 24.4 Å². The van der Waals surface area contributed by atoms with Crippen LogP contribution in [0.3, 0.4) is 0 Å². The Labute approximate surface area is 86.5 Å². The topological polar surface area (TPSA) is 41.6 Å². The first-order chi connectivity index (χ1) is 6.83. The maximum Gasteiger partial charge on any atom is 0.0697 e. The number of nitriles is 1. The molecule has 0 unspecified atom stereocenters. The number of rotatable bonds is 2. The molecule has 0 aliphatic rings. The van der Waals surface area contributed by atoms with E-state index in [1.54, 1.807) is 10.9 Å². The van der Waals surface area contributed by atoms with E-state index in [9.17, 15) is 0 Å². The first-order valence-electron chi connectivity index (χ1n) is 4.30. The smallest absolute Gasteiger partial charge is 0.0697 e. The number of fused-ring (bicyclic) bond motifs is 1. The van der Waals surface area contributed by atoms with Crippen molar-refractivity contribution in [1.82, 2.24) is 9.78 Å². The molecule has 0 radical (unpaired) electrons. The average Bonchev–Trinajstić information content (AvgIpc) is 2.60. The van der Waals surface area contributed by atoms with Crippen molar-refractivity contribution in [3.63, 3.8) is 0 Å². The van der Waals surface area contributed by atoms with Crippen molar-refractivity contribution in [2.45, 2.75) is 13.0 Å². The lowest BCUT2D eigenvalue weighted by Gasteiger charge is -1.99. The number of halogens is 1. The van der Waals surface area contributed by atoms with Crippen LogP contribution in [0, 0.1) is 11.3 Å². The summed E-state index contributed by atoms with van der Waals surface area (Å²) in [5, 5.41) is 14.3. The number of benzene rings is 1. The average molecular weight is 206 g/mol. The minimum Gasteiger partial charge on any atom is -0.264 e. The molecule has 0 N–H and O–H groups in total. The lowest BCUT2D eigenvalue weighted by Crippen LogP contribution is -1.98. The summed E-state index contributed by atoms with van der Waals surface area (Å²) in [7, 11) is 0. The lowest BCUT2D eigenvalue weighted by atomic mass is 10.2. The molecule has 0 saturated carbocycles. The van der Waals surface area contributed by atoms with Gasteiger partial charge in [0.2, 0.25) is 0 Å². The van der Waals surface area contributed by atoms with Gasteiger partial charge in [-0.05, 0) is 12.1 Å². The second kappa shape index (κ2) is 3.69. The zero-order valence-corrected chi connectivity index (χ0v) is 8.20. The molecule has 1 aromatic heterocycles. The highest BCUT2D eigenvalue weighted by molar-refractivity contribution is 6.35. The van der Waals surface area contributed by atoms with Crippen LogP contribution in [-0.4, -0.2) is 9.78 Å². The van der Waals surface area contributed by atoms with E-state index in [1.165, 1.54) is 0 Å². The normalized spacial score (nSPS) is 10.3. The van der Waals surface area contributed by atoms with E-state index in [-0.39, 0.29) is 0 Å². The third-order valence-electron chi connectivity index (χ3n) is 2.07. The summed E-state index contributed by atoms with van der Waals surface area (Å²) in [4.78, 5) is 0. The van der Waals surface area contributed by atoms with Gasteiger partial charge in [0, 0.05) is 5.39 Å². The molecule has 0 aliphatic heterocycles. The molecule has 14 heavy (non-hydrogen) atoms. The van der Waals surface area contributed by atoms with Crippen molar-refractivity contribution >= 4 is 22.5 Å². The predicted molar refractivity (Wildman–Crippen MR) is 55.0 cm³/mol. The molecule has 0 fully saturated rings. The summed E-state index contributed by atoms with van der Waals surface area (Å²) in [5.74, 6) is 0. The molecule has 0 atom stereocenters. The summed E-state index contributed by atoms with van der Waals surface area (Å²) in [6, 6.07) is 7.76. The third-order valence-corrected chi connectivity index (χ3v) is 2.40. The highest BCUT2D eigenvalue weighted by atomic mass is 35.5. The fourth-order valence-electron chi connectivity index (χ4n) is 1.40. The number of aromatic nitrogens is 2. The summed E-state index contributed by atoms with van der Waals surface area (Å²) in [5.41, 5.74) is 0.979. The molecule has 0 spiro atoms. The van der Waals surface area contributed by atoms with Crippen molar-refractivity contribution in [2.24, 2.45) is 0 Å². The number of nitrogens with zero attached hydrogens (tertiary/aromatic N) is 3. The Balaban J connectivity index is 2.48. The van der Waals surface area contributed by atoms with Gasteiger partial charge in [-0.15, -0.1) is 0 Å². The molecule has 2 rings (SSSR count). The fraction of sp³-hybridized carbons (Fsp3) is 0.200. The zero-order chi connectivity index (χ0) is 9.97. The van der Waals surface area contributed by atoms with Crippen molar-refractivity contribution in [3.05, 3.63) is 29.4 Å². The minimum atomic E-state index is 0.462. The van der Waals surface area contributed by atoms with Gasteiger partial charge >= 0.3 is 0 Å². The van der Waals surface area contributed by atoms with Crippen LogP contribution in [0.1, 0.15) is 6.42 Å². The Kier molecular flexibility index (Phi) is 2.38. The molecule has 3 nitrogen and oxygen atoms in total. The minimum absolute atomic E-state index is 0.462. The number of hydrogen-bond donors (Lipinski definition) is 0. The van der Waals surface area contributed by atoms with Crippen molar-refractivity contribution in [2.75, 3.05) is 0 Å². The largest absolute Gasteiger partial charge is 0.264 e. The number of hydrogen-bond acceptors (Lipinski definition) is 2. The molecule has 1 heterocycles. The Morgan fingerprint density at radius 1 is 1.50 bits per heavy atom. The van der Waals surface area contributed by atoms with E-state index < -0.39 is 0 Å². The maximum absolute atomic E-state index is 8.47. The SMILES string of the molecule is N#CCCn1ncc2c(Cl)cccc21. The van der Waals surface area contributed by atoms with E-state index >= 15 is 0 Å². The molecule has 2 aromatic rings. The van der Waals surface area contributed by atoms with E-state index in [0.717, 1.165) is 10.9 Å². The van der Waals surface area contributed by atoms with Gasteiger partial charge in [0.1, 0.15) is 0 Å². The summed E-state index contributed by atoms with van der Waals surface area (Å²) in [6.07, 6.45) is 2.19. The van der Waals surface area contributed by atoms with Gasteiger partial charge in [-0.2, -0.15) is 10.4 Å². The van der Waals surface area contributed by atoms with E-state index in [0.29, 0.717) is 18.0 Å². The molecular weight excluding hydrogens is 198 g/mol. The van der Waals surface area contributed by atoms with Crippen molar-refractivity contribution < 1.29 is 0 Å². The van der Waals surface area contributed by atoms with Crippen LogP contribution >= 0.6 is 11.6 Å². The van der Waals surface area contributed by atoms with Crippen LogP contribution in [0.4, 0.5) is 0 Å². The highest BCUT2D eigenvalue weighted by Gasteiger charge is 2.04. The Hall–Kier alpha value is -1.53. The van der Waals surface area contributed by atoms with E-state index in [1.807, 2.05) is 18.2 Å². The molecule has 70 valence electrons. The van der Waals surface area contributed by atoms with Gasteiger partial charge < -0.3 is 0 Å². The Morgan fingerprint density at radius 2 is 2.36 bits per heavy atom. The van der Waals surface area contributed by atoms with Crippen LogP contribution < -0.4 is 0 Å². The zero-order valence-electron chi connectivity index (χ0n) is 7.44. The first-order valence-corrected chi connectivity index (χ1v) is 4.67. The maximum atomic E-state index is 8.47. The van der Waals surface area contributed by atoms with Gasteiger partial charge in [-0.25, -0.2) is 0 Å². The standard InChI is InChI=1S/C10H8ClN3/c11-9-3-1-4-10-8(9)7-13-14(10)6-2-5-12/h1,3-4,7H,2,6H2. The molecule has 0 saturated heterocycles. The van der Waals surface area contributed by atoms with Crippen molar-refractivity contribution in [3.8, 4) is 6.07 Å². The van der Waals surface area contributed by atoms with Crippen molar-refractivity contribution in [1.29, 1.82) is 5.26 Å². The molecule has 0 bridgehead atoms. The van der Waals surface area contributed by atoms with Crippen LogP contribution in [0.2, 0.25) is 5.02 Å². The Morgan fingerprint density at radius 3 is 3.14 bits per heavy atom. The van der Waals surface area contributed by atoms with Gasteiger partial charge in [0.05, 0.1) is 35.8 Å². The van der Waals surface area contributed by atoms with Gasteiger partial charge in [-0.3, -0.25) is 4.68 Å². The fourth-order valence-corrected chi connectivity index (χ4v) is 1.62. The first kappa shape index (κ1) is 9.04. The van der Waals surface area contributed by atoms with Gasteiger partial charge in [0.25, 0.3) is 0 Å². The van der Waals surface area contributed by atoms with Crippen LogP contribution in [0.25, 0.3) is 10.9 Å². The second-order valence-corrected chi connectivity index (χ2v) is 3.36. The monoisotopic (exact) mass is 205 g/mol. The van der Waals surface area contributed by atoms with Gasteiger partial charge in [-0.1, -0.05) is 17.7 Å². The highest BCUT2D eigenvalue weighted by Crippen LogP contribution is 2.22. The molecule has 0 amide bonds. The lowest BCUT2D eigenvalue weighted by molar-refractivity contribution is 0.649. The third kappa shape index (κ3) is 1.45. The quantitative estimate of drug-likeness (QED) is 0.756. The molecular formula is C10H8ClN3. The van der Waals surface area contributed by atoms with E-state index in [4.69, 9.17) is 16.9 Å². The second-order valence-electron chi connectivity index (χ2n) is 2.95. The Bertz CT molecular complexity index is 496. The molecule has 0 aliphatic carbocycles. The summed E-state index contributed by atoms with van der Waals surface area (Å²) in [6.45, 7) is 0.611.